The van der Waals surface area contributed by atoms with Crippen LogP contribution in [-0.4, -0.2) is 65.9 Å². The number of carbonyl (C=O) groups excluding carboxylic acids is 2. The summed E-state index contributed by atoms with van der Waals surface area (Å²) in [6.45, 7) is 4.88. The average Bonchev–Trinajstić information content (AvgIpc) is 2.68. The van der Waals surface area contributed by atoms with E-state index < -0.39 is 17.6 Å². The molecule has 0 unspecified atom stereocenters. The van der Waals surface area contributed by atoms with Gasteiger partial charge in [0.2, 0.25) is 5.91 Å². The largest absolute Gasteiger partial charge is 0.417 e. The lowest BCUT2D eigenvalue weighted by atomic mass is 10.1. The second-order valence-corrected chi connectivity index (χ2v) is 6.11. The molecule has 0 bridgehead atoms. The summed E-state index contributed by atoms with van der Waals surface area (Å²) in [5.74, 6) is -0.485. The van der Waals surface area contributed by atoms with Crippen LogP contribution in [0.5, 0.6) is 0 Å². The van der Waals surface area contributed by atoms with Crippen molar-refractivity contribution in [3.8, 4) is 0 Å². The van der Waals surface area contributed by atoms with E-state index in [-0.39, 0.29) is 29.9 Å². The van der Waals surface area contributed by atoms with Gasteiger partial charge in [0.25, 0.3) is 5.91 Å². The Kier molecular flexibility index (Phi) is 4.18. The van der Waals surface area contributed by atoms with Gasteiger partial charge in [0, 0.05) is 39.4 Å². The molecule has 25 heavy (non-hydrogen) atoms. The molecule has 0 radical (unpaired) electrons. The lowest BCUT2D eigenvalue weighted by molar-refractivity contribution is -0.137. The summed E-state index contributed by atoms with van der Waals surface area (Å²) in [5, 5.41) is 0. The van der Waals surface area contributed by atoms with E-state index >= 15 is 0 Å². The van der Waals surface area contributed by atoms with Crippen molar-refractivity contribution in [3.63, 3.8) is 0 Å². The topological polar surface area (TPSA) is 56.8 Å². The van der Waals surface area contributed by atoms with Gasteiger partial charge in [-0.05, 0) is 12.1 Å². The first kappa shape index (κ1) is 17.2. The van der Waals surface area contributed by atoms with E-state index in [1.165, 1.54) is 18.0 Å². The molecular formula is C16H17F3N4O2. The number of hydrogen-bond donors (Lipinski definition) is 0. The van der Waals surface area contributed by atoms with Crippen molar-refractivity contribution >= 4 is 17.6 Å². The van der Waals surface area contributed by atoms with E-state index in [0.29, 0.717) is 19.6 Å². The maximum absolute atomic E-state index is 13.0. The van der Waals surface area contributed by atoms with E-state index in [2.05, 4.69) is 11.6 Å². The third-order valence-corrected chi connectivity index (χ3v) is 4.50. The van der Waals surface area contributed by atoms with Crippen LogP contribution in [0, 0.1) is 0 Å². The van der Waals surface area contributed by atoms with E-state index in [1.54, 1.807) is 4.90 Å². The first-order valence-electron chi connectivity index (χ1n) is 7.73. The normalized spacial score (nSPS) is 20.7. The number of piperazine rings is 1. The summed E-state index contributed by atoms with van der Waals surface area (Å²) < 4.78 is 38.9. The number of alkyl halides is 3. The highest BCUT2D eigenvalue weighted by molar-refractivity contribution is 6.00. The minimum absolute atomic E-state index is 0.0664. The zero-order valence-electron chi connectivity index (χ0n) is 13.6. The number of carbonyl (C=O) groups is 2. The Morgan fingerprint density at radius 2 is 2.08 bits per heavy atom. The number of rotatable bonds is 1. The van der Waals surface area contributed by atoms with E-state index in [0.717, 1.165) is 12.3 Å². The standard InChI is InChI=1S/C16H17F3N4O2/c1-3-13(24)22-4-5-23-11(9-22)8-21(2)15(25)12-6-10(16(17,18)19)7-20-14(12)23/h3,6-7,11H,1,4-5,8-9H2,2H3/t11-/m1/s1. The zero-order valence-corrected chi connectivity index (χ0v) is 13.6. The van der Waals surface area contributed by atoms with Crippen molar-refractivity contribution in [2.24, 2.45) is 0 Å². The molecule has 1 atom stereocenters. The van der Waals surface area contributed by atoms with E-state index in [9.17, 15) is 22.8 Å². The van der Waals surface area contributed by atoms with Gasteiger partial charge < -0.3 is 14.7 Å². The Labute approximate surface area is 142 Å². The number of halogens is 3. The SMILES string of the molecule is C=CC(=O)N1CCN2c3ncc(C(F)(F)F)cc3C(=O)N(C)C[C@@H]2C1. The molecule has 1 saturated heterocycles. The Hall–Kier alpha value is -2.58. The highest BCUT2D eigenvalue weighted by Gasteiger charge is 2.39. The molecule has 6 nitrogen and oxygen atoms in total. The Morgan fingerprint density at radius 3 is 2.72 bits per heavy atom. The minimum Gasteiger partial charge on any atom is -0.348 e. The number of anilines is 1. The van der Waals surface area contributed by atoms with Crippen LogP contribution >= 0.6 is 0 Å². The molecule has 9 heteroatoms. The van der Waals surface area contributed by atoms with Gasteiger partial charge in [-0.3, -0.25) is 9.59 Å². The molecule has 1 fully saturated rings. The second-order valence-electron chi connectivity index (χ2n) is 6.11. The monoisotopic (exact) mass is 354 g/mol. The number of likely N-dealkylation sites (N-methyl/N-ethyl adjacent to an activating group) is 1. The molecular weight excluding hydrogens is 337 g/mol. The number of aromatic nitrogens is 1. The Morgan fingerprint density at radius 1 is 1.36 bits per heavy atom. The number of hydrogen-bond acceptors (Lipinski definition) is 4. The van der Waals surface area contributed by atoms with Crippen molar-refractivity contribution in [1.82, 2.24) is 14.8 Å². The smallest absolute Gasteiger partial charge is 0.348 e. The summed E-state index contributed by atoms with van der Waals surface area (Å²) in [4.78, 5) is 33.1. The van der Waals surface area contributed by atoms with Gasteiger partial charge >= 0.3 is 6.18 Å². The van der Waals surface area contributed by atoms with Gasteiger partial charge in [-0.2, -0.15) is 13.2 Å². The third-order valence-electron chi connectivity index (χ3n) is 4.50. The first-order chi connectivity index (χ1) is 11.7. The van der Waals surface area contributed by atoms with Crippen LogP contribution in [0.4, 0.5) is 19.0 Å². The molecule has 2 amide bonds. The molecule has 2 aliphatic rings. The fraction of sp³-hybridized carbons (Fsp3) is 0.438. The Balaban J connectivity index is 2.00. The summed E-state index contributed by atoms with van der Waals surface area (Å²) in [5.41, 5.74) is -1.02. The van der Waals surface area contributed by atoms with Gasteiger partial charge in [-0.15, -0.1) is 0 Å². The van der Waals surface area contributed by atoms with Gasteiger partial charge in [-0.25, -0.2) is 4.98 Å². The predicted octanol–water partition coefficient (Wildman–Crippen LogP) is 1.39. The molecule has 0 aromatic carbocycles. The van der Waals surface area contributed by atoms with Crippen LogP contribution in [0.15, 0.2) is 24.9 Å². The molecule has 134 valence electrons. The quantitative estimate of drug-likeness (QED) is 0.716. The molecule has 3 rings (SSSR count). The second kappa shape index (κ2) is 6.05. The number of fused-ring (bicyclic) bond motifs is 3. The van der Waals surface area contributed by atoms with Gasteiger partial charge in [0.05, 0.1) is 17.2 Å². The van der Waals surface area contributed by atoms with Crippen LogP contribution in [0.25, 0.3) is 0 Å². The van der Waals surface area contributed by atoms with Crippen LogP contribution in [0.2, 0.25) is 0 Å². The molecule has 0 spiro atoms. The first-order valence-corrected chi connectivity index (χ1v) is 7.73. The van der Waals surface area contributed by atoms with Crippen LogP contribution in [0.1, 0.15) is 15.9 Å². The van der Waals surface area contributed by atoms with E-state index in [1.807, 2.05) is 4.90 Å². The Bertz CT molecular complexity index is 735. The highest BCUT2D eigenvalue weighted by atomic mass is 19.4. The zero-order chi connectivity index (χ0) is 18.4. The maximum atomic E-state index is 13.0. The number of pyridine rings is 1. The lowest BCUT2D eigenvalue weighted by Gasteiger charge is -2.41. The highest BCUT2D eigenvalue weighted by Crippen LogP contribution is 2.34. The van der Waals surface area contributed by atoms with Crippen molar-refractivity contribution in [3.05, 3.63) is 36.0 Å². The summed E-state index contributed by atoms with van der Waals surface area (Å²) in [7, 11) is 1.53. The summed E-state index contributed by atoms with van der Waals surface area (Å²) >= 11 is 0. The minimum atomic E-state index is -4.57. The van der Waals surface area contributed by atoms with Crippen molar-refractivity contribution < 1.29 is 22.8 Å². The summed E-state index contributed by atoms with van der Waals surface area (Å²) in [6, 6.07) is 0.613. The van der Waals surface area contributed by atoms with Crippen LogP contribution in [-0.2, 0) is 11.0 Å². The fourth-order valence-corrected chi connectivity index (χ4v) is 3.22. The molecule has 2 aliphatic heterocycles. The lowest BCUT2D eigenvalue weighted by Crippen LogP contribution is -2.57. The number of nitrogens with zero attached hydrogens (tertiary/aromatic N) is 4. The molecule has 0 N–H and O–H groups in total. The maximum Gasteiger partial charge on any atom is 0.417 e. The molecule has 3 heterocycles. The van der Waals surface area contributed by atoms with Gasteiger partial charge in [-0.1, -0.05) is 6.58 Å². The number of amides is 2. The van der Waals surface area contributed by atoms with Crippen LogP contribution < -0.4 is 4.90 Å². The average molecular weight is 354 g/mol. The van der Waals surface area contributed by atoms with Gasteiger partial charge in [0.1, 0.15) is 5.82 Å². The van der Waals surface area contributed by atoms with E-state index in [4.69, 9.17) is 0 Å². The predicted molar refractivity (Wildman–Crippen MR) is 84.1 cm³/mol. The summed E-state index contributed by atoms with van der Waals surface area (Å²) in [6.07, 6.45) is -2.60. The molecule has 0 saturated carbocycles. The van der Waals surface area contributed by atoms with Crippen molar-refractivity contribution in [2.45, 2.75) is 12.2 Å². The van der Waals surface area contributed by atoms with Gasteiger partial charge in [0.15, 0.2) is 0 Å². The molecule has 0 aliphatic carbocycles. The van der Waals surface area contributed by atoms with Crippen molar-refractivity contribution in [1.29, 1.82) is 0 Å². The third kappa shape index (κ3) is 3.06. The van der Waals surface area contributed by atoms with Crippen molar-refractivity contribution in [2.75, 3.05) is 38.1 Å². The fourth-order valence-electron chi connectivity index (χ4n) is 3.22. The molecule has 1 aromatic rings. The molecule has 1 aromatic heterocycles. The van der Waals surface area contributed by atoms with Crippen LogP contribution in [0.3, 0.4) is 0 Å².